The lowest BCUT2D eigenvalue weighted by Crippen LogP contribution is -2.20. The van der Waals surface area contributed by atoms with Crippen LogP contribution in [0.1, 0.15) is 11.4 Å². The molecule has 0 saturated heterocycles. The number of fused-ring (bicyclic) bond motifs is 1. The molecule has 1 aliphatic rings. The third-order valence-electron chi connectivity index (χ3n) is 3.01. The number of carbonyl (C=O) groups is 1. The minimum atomic E-state index is -0.151. The normalized spacial score (nSPS) is 12.9. The Kier molecular flexibility index (Phi) is 2.91. The van der Waals surface area contributed by atoms with Crippen LogP contribution in [0, 0.1) is 0 Å². The predicted octanol–water partition coefficient (Wildman–Crippen LogP) is 0.960. The molecule has 1 amide bonds. The van der Waals surface area contributed by atoms with Gasteiger partial charge in [-0.3, -0.25) is 4.79 Å². The third kappa shape index (κ3) is 2.16. The number of amides is 1. The van der Waals surface area contributed by atoms with Gasteiger partial charge in [-0.25, -0.2) is 0 Å². The number of nitrogens with zero attached hydrogens (tertiary/aromatic N) is 2. The SMILES string of the molecule is CNC(=O)Cc1noc(-c2cccc3c2OCC3)n1. The molecule has 2 aromatic rings. The molecule has 0 spiro atoms. The summed E-state index contributed by atoms with van der Waals surface area (Å²) in [6.07, 6.45) is 0.998. The van der Waals surface area contributed by atoms with Crippen LogP contribution in [0.3, 0.4) is 0 Å². The number of nitrogens with one attached hydrogen (secondary N) is 1. The first-order valence-electron chi connectivity index (χ1n) is 6.06. The van der Waals surface area contributed by atoms with Gasteiger partial charge in [0, 0.05) is 13.5 Å². The van der Waals surface area contributed by atoms with E-state index in [2.05, 4.69) is 15.5 Å². The molecule has 98 valence electrons. The summed E-state index contributed by atoms with van der Waals surface area (Å²) in [7, 11) is 1.57. The molecule has 0 fully saturated rings. The van der Waals surface area contributed by atoms with Crippen LogP contribution < -0.4 is 10.1 Å². The van der Waals surface area contributed by atoms with Crippen LogP contribution in [0.15, 0.2) is 22.7 Å². The van der Waals surface area contributed by atoms with Crippen molar-refractivity contribution in [1.82, 2.24) is 15.5 Å². The minimum Gasteiger partial charge on any atom is -0.492 e. The molecule has 0 saturated carbocycles. The Hall–Kier alpha value is -2.37. The number of ether oxygens (including phenoxy) is 1. The number of likely N-dealkylation sites (N-methyl/N-ethyl adjacent to an activating group) is 1. The molecule has 6 heteroatoms. The fraction of sp³-hybridized carbons (Fsp3) is 0.308. The highest BCUT2D eigenvalue weighted by Gasteiger charge is 2.21. The molecular weight excluding hydrogens is 246 g/mol. The highest BCUT2D eigenvalue weighted by Crippen LogP contribution is 2.35. The van der Waals surface area contributed by atoms with E-state index in [1.165, 1.54) is 0 Å². The van der Waals surface area contributed by atoms with Gasteiger partial charge in [-0.2, -0.15) is 4.98 Å². The van der Waals surface area contributed by atoms with E-state index in [0.717, 1.165) is 23.3 Å². The van der Waals surface area contributed by atoms with E-state index in [-0.39, 0.29) is 12.3 Å². The van der Waals surface area contributed by atoms with Gasteiger partial charge in [0.15, 0.2) is 5.82 Å². The monoisotopic (exact) mass is 259 g/mol. The molecule has 6 nitrogen and oxygen atoms in total. The van der Waals surface area contributed by atoms with Gasteiger partial charge >= 0.3 is 0 Å². The Balaban J connectivity index is 1.91. The van der Waals surface area contributed by atoms with E-state index in [4.69, 9.17) is 9.26 Å². The zero-order chi connectivity index (χ0) is 13.2. The molecule has 1 aliphatic heterocycles. The van der Waals surface area contributed by atoms with E-state index in [9.17, 15) is 4.79 Å². The molecule has 1 aromatic heterocycles. The smallest absolute Gasteiger partial charge is 0.261 e. The van der Waals surface area contributed by atoms with E-state index in [1.807, 2.05) is 18.2 Å². The molecular formula is C13H13N3O3. The highest BCUT2D eigenvalue weighted by atomic mass is 16.5. The summed E-state index contributed by atoms with van der Waals surface area (Å²) in [4.78, 5) is 15.5. The number of benzene rings is 1. The summed E-state index contributed by atoms with van der Waals surface area (Å²) in [5, 5.41) is 6.32. The van der Waals surface area contributed by atoms with Crippen molar-refractivity contribution in [2.75, 3.05) is 13.7 Å². The molecule has 0 atom stereocenters. The van der Waals surface area contributed by atoms with E-state index in [1.54, 1.807) is 7.05 Å². The van der Waals surface area contributed by atoms with Crippen LogP contribution in [0.25, 0.3) is 11.5 Å². The molecule has 3 rings (SSSR count). The van der Waals surface area contributed by atoms with Crippen molar-refractivity contribution in [3.63, 3.8) is 0 Å². The first kappa shape index (κ1) is 11.7. The second-order valence-electron chi connectivity index (χ2n) is 4.26. The summed E-state index contributed by atoms with van der Waals surface area (Å²) < 4.78 is 10.8. The molecule has 19 heavy (non-hydrogen) atoms. The zero-order valence-corrected chi connectivity index (χ0v) is 10.5. The number of aromatic nitrogens is 2. The van der Waals surface area contributed by atoms with Crippen molar-refractivity contribution >= 4 is 5.91 Å². The lowest BCUT2D eigenvalue weighted by Gasteiger charge is -2.02. The van der Waals surface area contributed by atoms with Crippen molar-refractivity contribution in [3.05, 3.63) is 29.6 Å². The maximum absolute atomic E-state index is 11.3. The lowest BCUT2D eigenvalue weighted by atomic mass is 10.1. The Morgan fingerprint density at radius 3 is 3.21 bits per heavy atom. The van der Waals surface area contributed by atoms with Crippen LogP contribution in [-0.4, -0.2) is 29.7 Å². The van der Waals surface area contributed by atoms with Crippen molar-refractivity contribution in [3.8, 4) is 17.2 Å². The van der Waals surface area contributed by atoms with Gasteiger partial charge in [0.05, 0.1) is 18.6 Å². The molecule has 0 radical (unpaired) electrons. The maximum Gasteiger partial charge on any atom is 0.261 e. The first-order valence-corrected chi connectivity index (χ1v) is 6.06. The summed E-state index contributed by atoms with van der Waals surface area (Å²) in [5.74, 6) is 1.40. The van der Waals surface area contributed by atoms with E-state index < -0.39 is 0 Å². The largest absolute Gasteiger partial charge is 0.492 e. The average molecular weight is 259 g/mol. The van der Waals surface area contributed by atoms with Crippen LogP contribution >= 0.6 is 0 Å². The first-order chi connectivity index (χ1) is 9.28. The number of para-hydroxylation sites is 1. The van der Waals surface area contributed by atoms with Crippen LogP contribution in [0.2, 0.25) is 0 Å². The summed E-state index contributed by atoms with van der Waals surface area (Å²) in [6, 6.07) is 5.83. The topological polar surface area (TPSA) is 77.2 Å². The molecule has 2 heterocycles. The third-order valence-corrected chi connectivity index (χ3v) is 3.01. The highest BCUT2D eigenvalue weighted by molar-refractivity contribution is 5.77. The lowest BCUT2D eigenvalue weighted by molar-refractivity contribution is -0.120. The average Bonchev–Trinajstić information content (AvgIpc) is 3.06. The Bertz CT molecular complexity index is 621. The Labute approximate surface area is 109 Å². The van der Waals surface area contributed by atoms with Crippen LogP contribution in [0.5, 0.6) is 5.75 Å². The van der Waals surface area contributed by atoms with Gasteiger partial charge in [-0.05, 0) is 11.6 Å². The van der Waals surface area contributed by atoms with Gasteiger partial charge < -0.3 is 14.6 Å². The van der Waals surface area contributed by atoms with Gasteiger partial charge in [0.2, 0.25) is 5.91 Å². The second kappa shape index (κ2) is 4.72. The van der Waals surface area contributed by atoms with E-state index >= 15 is 0 Å². The zero-order valence-electron chi connectivity index (χ0n) is 10.5. The predicted molar refractivity (Wildman–Crippen MR) is 66.7 cm³/mol. The minimum absolute atomic E-state index is 0.107. The van der Waals surface area contributed by atoms with Crippen LogP contribution in [0.4, 0.5) is 0 Å². The molecule has 1 N–H and O–H groups in total. The maximum atomic E-state index is 11.3. The van der Waals surface area contributed by atoms with Gasteiger partial charge in [-0.15, -0.1) is 0 Å². The number of hydrogen-bond donors (Lipinski definition) is 1. The molecule has 0 bridgehead atoms. The number of carbonyl (C=O) groups excluding carboxylic acids is 1. The fourth-order valence-electron chi connectivity index (χ4n) is 2.05. The van der Waals surface area contributed by atoms with Gasteiger partial charge in [-0.1, -0.05) is 17.3 Å². The molecule has 0 aliphatic carbocycles. The molecule has 0 unspecified atom stereocenters. The standard InChI is InChI=1S/C13H13N3O3/c1-14-11(17)7-10-15-13(19-16-10)9-4-2-3-8-5-6-18-12(8)9/h2-4H,5-7H2,1H3,(H,14,17). The van der Waals surface area contributed by atoms with Crippen LogP contribution in [-0.2, 0) is 17.6 Å². The van der Waals surface area contributed by atoms with Gasteiger partial charge in [0.25, 0.3) is 5.89 Å². The Morgan fingerprint density at radius 1 is 1.47 bits per heavy atom. The number of hydrogen-bond acceptors (Lipinski definition) is 5. The second-order valence-corrected chi connectivity index (χ2v) is 4.26. The molecule has 1 aromatic carbocycles. The van der Waals surface area contributed by atoms with Gasteiger partial charge in [0.1, 0.15) is 5.75 Å². The summed E-state index contributed by atoms with van der Waals surface area (Å²) in [5.41, 5.74) is 1.93. The van der Waals surface area contributed by atoms with Crippen molar-refractivity contribution in [1.29, 1.82) is 0 Å². The van der Waals surface area contributed by atoms with Crippen molar-refractivity contribution in [2.45, 2.75) is 12.8 Å². The summed E-state index contributed by atoms with van der Waals surface area (Å²) >= 11 is 0. The Morgan fingerprint density at radius 2 is 2.37 bits per heavy atom. The van der Waals surface area contributed by atoms with E-state index in [0.29, 0.717) is 18.3 Å². The quantitative estimate of drug-likeness (QED) is 0.888. The number of rotatable bonds is 3. The summed E-state index contributed by atoms with van der Waals surface area (Å²) in [6.45, 7) is 0.672. The van der Waals surface area contributed by atoms with Crippen molar-refractivity contribution in [2.24, 2.45) is 0 Å². The van der Waals surface area contributed by atoms with Crippen molar-refractivity contribution < 1.29 is 14.1 Å². The fourth-order valence-corrected chi connectivity index (χ4v) is 2.05.